The summed E-state index contributed by atoms with van der Waals surface area (Å²) < 4.78 is 37.2. The summed E-state index contributed by atoms with van der Waals surface area (Å²) in [5, 5.41) is 0. The number of hydrogen-bond acceptors (Lipinski definition) is 2. The van der Waals surface area contributed by atoms with E-state index in [0.717, 1.165) is 13.0 Å². The summed E-state index contributed by atoms with van der Waals surface area (Å²) in [6.07, 6.45) is -2.52. The summed E-state index contributed by atoms with van der Waals surface area (Å²) in [7, 11) is 0. The van der Waals surface area contributed by atoms with Crippen LogP contribution >= 0.6 is 0 Å². The molecule has 0 saturated carbocycles. The minimum absolute atomic E-state index is 0.251. The Bertz CT molecular complexity index is 198. The first-order chi connectivity index (χ1) is 7.43. The minimum atomic E-state index is -4.00. The fraction of sp³-hybridized carbons (Fsp3) is 1.00. The zero-order valence-corrected chi connectivity index (χ0v) is 9.76. The highest BCUT2D eigenvalue weighted by molar-refractivity contribution is 4.77. The van der Waals surface area contributed by atoms with E-state index in [1.165, 1.54) is 0 Å². The zero-order valence-electron chi connectivity index (χ0n) is 9.76. The van der Waals surface area contributed by atoms with Gasteiger partial charge in [-0.1, -0.05) is 6.92 Å². The maximum absolute atomic E-state index is 12.4. The molecule has 0 spiro atoms. The van der Waals surface area contributed by atoms with Gasteiger partial charge in [0.25, 0.3) is 0 Å². The number of nitrogens with two attached hydrogens (primary N) is 1. The monoisotopic (exact) mass is 238 g/mol. The molecular weight excluding hydrogens is 217 g/mol. The Labute approximate surface area is 95.0 Å². The van der Waals surface area contributed by atoms with Crippen LogP contribution in [0.1, 0.15) is 26.2 Å². The number of piperidine rings is 1. The van der Waals surface area contributed by atoms with Gasteiger partial charge in [-0.3, -0.25) is 0 Å². The molecule has 0 aromatic carbocycles. The molecule has 1 atom stereocenters. The van der Waals surface area contributed by atoms with Crippen molar-refractivity contribution in [1.29, 1.82) is 0 Å². The highest BCUT2D eigenvalue weighted by Crippen LogP contribution is 2.34. The van der Waals surface area contributed by atoms with Gasteiger partial charge in [-0.25, -0.2) is 0 Å². The first kappa shape index (κ1) is 13.8. The third-order valence-electron chi connectivity index (χ3n) is 3.39. The van der Waals surface area contributed by atoms with Crippen molar-refractivity contribution in [2.45, 2.75) is 32.4 Å². The van der Waals surface area contributed by atoms with E-state index in [2.05, 4.69) is 11.8 Å². The Hall–Kier alpha value is -0.290. The molecular formula is C11H21F3N2. The lowest BCUT2D eigenvalue weighted by molar-refractivity contribution is -0.185. The van der Waals surface area contributed by atoms with Crippen molar-refractivity contribution in [3.8, 4) is 0 Å². The first-order valence-electron chi connectivity index (χ1n) is 5.92. The molecule has 1 unspecified atom stereocenters. The van der Waals surface area contributed by atoms with Gasteiger partial charge in [0.05, 0.1) is 5.92 Å². The molecule has 1 heterocycles. The van der Waals surface area contributed by atoms with Gasteiger partial charge >= 0.3 is 6.18 Å². The van der Waals surface area contributed by atoms with Crippen LogP contribution in [0.2, 0.25) is 0 Å². The summed E-state index contributed by atoms with van der Waals surface area (Å²) in [5.41, 5.74) is 5.50. The van der Waals surface area contributed by atoms with E-state index < -0.39 is 12.1 Å². The van der Waals surface area contributed by atoms with Crippen molar-refractivity contribution in [2.75, 3.05) is 26.2 Å². The van der Waals surface area contributed by atoms with Crippen LogP contribution in [-0.2, 0) is 0 Å². The van der Waals surface area contributed by atoms with Crippen molar-refractivity contribution in [1.82, 2.24) is 4.90 Å². The van der Waals surface area contributed by atoms with Gasteiger partial charge in [-0.05, 0) is 51.4 Å². The van der Waals surface area contributed by atoms with Crippen LogP contribution in [0.25, 0.3) is 0 Å². The highest BCUT2D eigenvalue weighted by atomic mass is 19.4. The second kappa shape index (κ2) is 5.87. The molecule has 0 radical (unpaired) electrons. The van der Waals surface area contributed by atoms with E-state index in [1.807, 2.05) is 0 Å². The quantitative estimate of drug-likeness (QED) is 0.814. The Morgan fingerprint density at radius 3 is 2.31 bits per heavy atom. The Morgan fingerprint density at radius 2 is 1.88 bits per heavy atom. The molecule has 0 bridgehead atoms. The molecule has 1 aliphatic rings. The van der Waals surface area contributed by atoms with Crippen molar-refractivity contribution >= 4 is 0 Å². The zero-order chi connectivity index (χ0) is 12.2. The van der Waals surface area contributed by atoms with Crippen LogP contribution in [0.3, 0.4) is 0 Å². The molecule has 2 nitrogen and oxygen atoms in total. The molecule has 0 aromatic rings. The maximum Gasteiger partial charge on any atom is 0.391 e. The van der Waals surface area contributed by atoms with E-state index in [4.69, 9.17) is 5.73 Å². The molecule has 16 heavy (non-hydrogen) atoms. The lowest BCUT2D eigenvalue weighted by Gasteiger charge is -2.33. The summed E-state index contributed by atoms with van der Waals surface area (Å²) in [6.45, 7) is 4.74. The third kappa shape index (κ3) is 4.29. The smallest absolute Gasteiger partial charge is 0.330 e. The number of likely N-dealkylation sites (tertiary alicyclic amines) is 1. The topological polar surface area (TPSA) is 29.3 Å². The van der Waals surface area contributed by atoms with E-state index in [9.17, 15) is 13.2 Å². The van der Waals surface area contributed by atoms with Crippen LogP contribution in [0.15, 0.2) is 0 Å². The molecule has 0 aromatic heterocycles. The molecule has 1 aliphatic heterocycles. The highest BCUT2D eigenvalue weighted by Gasteiger charge is 2.40. The van der Waals surface area contributed by atoms with Crippen LogP contribution in [-0.4, -0.2) is 37.3 Å². The molecule has 1 rings (SSSR count). The predicted molar refractivity (Wildman–Crippen MR) is 58.1 cm³/mol. The minimum Gasteiger partial charge on any atom is -0.330 e. The predicted octanol–water partition coefficient (Wildman–Crippen LogP) is 2.25. The van der Waals surface area contributed by atoms with Crippen molar-refractivity contribution < 1.29 is 13.2 Å². The fourth-order valence-corrected chi connectivity index (χ4v) is 2.00. The first-order valence-corrected chi connectivity index (χ1v) is 5.92. The Kier molecular flexibility index (Phi) is 5.05. The average molecular weight is 238 g/mol. The van der Waals surface area contributed by atoms with E-state index in [0.29, 0.717) is 25.6 Å². The summed E-state index contributed by atoms with van der Waals surface area (Å²) in [5.74, 6) is -0.629. The van der Waals surface area contributed by atoms with Crippen molar-refractivity contribution in [3.63, 3.8) is 0 Å². The van der Waals surface area contributed by atoms with E-state index in [-0.39, 0.29) is 12.8 Å². The second-order valence-electron chi connectivity index (χ2n) is 4.79. The van der Waals surface area contributed by atoms with E-state index in [1.54, 1.807) is 0 Å². The normalized spacial score (nSPS) is 22.3. The molecule has 96 valence electrons. The largest absolute Gasteiger partial charge is 0.391 e. The van der Waals surface area contributed by atoms with Crippen LogP contribution in [0.5, 0.6) is 0 Å². The van der Waals surface area contributed by atoms with Gasteiger partial charge in [-0.2, -0.15) is 13.2 Å². The standard InChI is InChI=1S/C11H21F3N2/c1-9(8-15)2-5-16-6-3-10(4-7-16)11(12,13)14/h9-10H,2-8,15H2,1H3. The molecule has 2 N–H and O–H groups in total. The fourth-order valence-electron chi connectivity index (χ4n) is 2.00. The lowest BCUT2D eigenvalue weighted by Crippen LogP contribution is -2.39. The number of hydrogen-bond donors (Lipinski definition) is 1. The lowest BCUT2D eigenvalue weighted by atomic mass is 9.96. The van der Waals surface area contributed by atoms with E-state index >= 15 is 0 Å². The second-order valence-corrected chi connectivity index (χ2v) is 4.79. The van der Waals surface area contributed by atoms with Gasteiger partial charge < -0.3 is 10.6 Å². The molecule has 0 aliphatic carbocycles. The van der Waals surface area contributed by atoms with Gasteiger partial charge in [0.2, 0.25) is 0 Å². The molecule has 1 fully saturated rings. The van der Waals surface area contributed by atoms with Crippen LogP contribution in [0, 0.1) is 11.8 Å². The Morgan fingerprint density at radius 1 is 1.31 bits per heavy atom. The number of alkyl halides is 3. The summed E-state index contributed by atoms with van der Waals surface area (Å²) >= 11 is 0. The third-order valence-corrected chi connectivity index (χ3v) is 3.39. The number of halogens is 3. The summed E-state index contributed by atoms with van der Waals surface area (Å²) in [4.78, 5) is 2.12. The summed E-state index contributed by atoms with van der Waals surface area (Å²) in [6, 6.07) is 0. The number of rotatable bonds is 4. The molecule has 1 saturated heterocycles. The maximum atomic E-state index is 12.4. The van der Waals surface area contributed by atoms with Gasteiger partial charge in [-0.15, -0.1) is 0 Å². The van der Waals surface area contributed by atoms with Crippen LogP contribution in [0.4, 0.5) is 13.2 Å². The van der Waals surface area contributed by atoms with Crippen LogP contribution < -0.4 is 5.73 Å². The van der Waals surface area contributed by atoms with Gasteiger partial charge in [0, 0.05) is 0 Å². The number of nitrogens with zero attached hydrogens (tertiary/aromatic N) is 1. The molecule has 5 heteroatoms. The molecule has 0 amide bonds. The average Bonchev–Trinajstić information content (AvgIpc) is 2.25. The van der Waals surface area contributed by atoms with Gasteiger partial charge in [0.15, 0.2) is 0 Å². The SMILES string of the molecule is CC(CN)CCN1CCC(C(F)(F)F)CC1. The van der Waals surface area contributed by atoms with Crippen molar-refractivity contribution in [3.05, 3.63) is 0 Å². The van der Waals surface area contributed by atoms with Gasteiger partial charge in [0.1, 0.15) is 0 Å². The Balaban J connectivity index is 2.22. The van der Waals surface area contributed by atoms with Crippen molar-refractivity contribution in [2.24, 2.45) is 17.6 Å².